The highest BCUT2D eigenvalue weighted by Gasteiger charge is 2.49. The van der Waals surface area contributed by atoms with Gasteiger partial charge in [0.2, 0.25) is 17.7 Å². The minimum Gasteiger partial charge on any atom is -0.479 e. The first-order valence-corrected chi connectivity index (χ1v) is 20.5. The number of carbonyl (C=O) groups is 4. The normalized spacial score (nSPS) is 32.2. The number of carbonyl (C=O) groups excluding carboxylic acids is 3. The molecule has 3 aliphatic rings. The summed E-state index contributed by atoms with van der Waals surface area (Å²) in [6, 6.07) is -1.19. The molecule has 2 aliphatic heterocycles. The number of carboxylic acids is 1. The molecule has 3 amide bonds. The van der Waals surface area contributed by atoms with Gasteiger partial charge >= 0.3 is 5.97 Å². The lowest BCUT2D eigenvalue weighted by Crippen LogP contribution is -2.66. The van der Waals surface area contributed by atoms with Crippen LogP contribution in [0.5, 0.6) is 0 Å². The van der Waals surface area contributed by atoms with Crippen molar-refractivity contribution in [3.63, 3.8) is 0 Å². The molecule has 0 spiro atoms. The Morgan fingerprint density at radius 2 is 1.45 bits per heavy atom. The van der Waals surface area contributed by atoms with E-state index in [-0.39, 0.29) is 61.9 Å². The van der Waals surface area contributed by atoms with Crippen LogP contribution in [-0.2, 0) is 38.1 Å². The maximum Gasteiger partial charge on any atom is 0.332 e. The van der Waals surface area contributed by atoms with Crippen LogP contribution < -0.4 is 16.0 Å². The van der Waals surface area contributed by atoms with Gasteiger partial charge in [-0.3, -0.25) is 14.4 Å². The number of aliphatic hydroxyl groups is 5. The molecule has 0 bridgehead atoms. The summed E-state index contributed by atoms with van der Waals surface area (Å²) in [5.74, 6) is -3.20. The van der Waals surface area contributed by atoms with Crippen molar-refractivity contribution >= 4 is 23.7 Å². The topological polar surface area (TPSA) is 263 Å². The molecule has 9 unspecified atom stereocenters. The Morgan fingerprint density at radius 3 is 2.02 bits per heavy atom. The molecule has 3 rings (SSSR count). The van der Waals surface area contributed by atoms with Crippen LogP contribution in [0, 0.1) is 23.7 Å². The Kier molecular flexibility index (Phi) is 19.8. The van der Waals surface area contributed by atoms with Gasteiger partial charge in [-0.15, -0.1) is 0 Å². The Bertz CT molecular complexity index is 1240. The summed E-state index contributed by atoms with van der Waals surface area (Å²) in [5, 5.41) is 71.2. The van der Waals surface area contributed by atoms with Crippen molar-refractivity contribution in [2.75, 3.05) is 19.7 Å². The average Bonchev–Trinajstić information content (AvgIpc) is 3.15. The van der Waals surface area contributed by atoms with E-state index >= 15 is 0 Å². The molecule has 17 heteroatoms. The smallest absolute Gasteiger partial charge is 0.332 e. The van der Waals surface area contributed by atoms with E-state index in [9.17, 15) is 49.8 Å². The highest BCUT2D eigenvalue weighted by Crippen LogP contribution is 2.34. The molecule has 0 aromatic carbocycles. The zero-order chi connectivity index (χ0) is 41.7. The fourth-order valence-electron chi connectivity index (χ4n) is 8.07. The third-order valence-electron chi connectivity index (χ3n) is 11.4. The number of hydrogen-bond acceptors (Lipinski definition) is 13. The monoisotopic (exact) mass is 803 g/mol. The summed E-state index contributed by atoms with van der Waals surface area (Å²) < 4.78 is 24.3. The van der Waals surface area contributed by atoms with E-state index in [1.165, 1.54) is 6.92 Å². The quantitative estimate of drug-likeness (QED) is 0.0710. The van der Waals surface area contributed by atoms with E-state index in [0.29, 0.717) is 12.8 Å². The van der Waals surface area contributed by atoms with Crippen LogP contribution in [-0.4, -0.2) is 147 Å². The molecule has 56 heavy (non-hydrogen) atoms. The first-order valence-electron chi connectivity index (χ1n) is 20.5. The molecule has 0 aromatic heterocycles. The van der Waals surface area contributed by atoms with Gasteiger partial charge in [0.1, 0.15) is 42.7 Å². The number of amides is 3. The largest absolute Gasteiger partial charge is 0.479 e. The van der Waals surface area contributed by atoms with Gasteiger partial charge in [0, 0.05) is 31.8 Å². The molecule has 17 nitrogen and oxygen atoms in total. The van der Waals surface area contributed by atoms with Gasteiger partial charge in [-0.25, -0.2) is 4.79 Å². The number of aliphatic hydroxyl groups excluding tert-OH is 5. The minimum absolute atomic E-state index is 0.121. The predicted octanol–water partition coefficient (Wildman–Crippen LogP) is 0.354. The molecule has 2 heterocycles. The zero-order valence-electron chi connectivity index (χ0n) is 33.9. The van der Waals surface area contributed by atoms with Crippen LogP contribution in [0.4, 0.5) is 0 Å². The van der Waals surface area contributed by atoms with Crippen molar-refractivity contribution in [3.8, 4) is 0 Å². The lowest BCUT2D eigenvalue weighted by Gasteiger charge is -2.45. The van der Waals surface area contributed by atoms with Gasteiger partial charge in [0.25, 0.3) is 0 Å². The molecule has 0 aromatic rings. The second-order valence-corrected chi connectivity index (χ2v) is 16.3. The predicted molar refractivity (Wildman–Crippen MR) is 202 cm³/mol. The second-order valence-electron chi connectivity index (χ2n) is 16.3. The number of ether oxygens (including phenoxy) is 4. The van der Waals surface area contributed by atoms with E-state index in [2.05, 4.69) is 16.0 Å². The summed E-state index contributed by atoms with van der Waals surface area (Å²) in [6.07, 6.45) is -6.64. The Balaban J connectivity index is 1.82. The van der Waals surface area contributed by atoms with Crippen molar-refractivity contribution in [1.82, 2.24) is 16.0 Å². The standard InChI is InChI=1S/C39H69N3O14/c1-7-24(17-27-32(46)34(48)31(45)22(5)54-27)16-26(37(50)41-14-13-40-36(49)20(2)3)15-21(4)53-39-30(42-23(6)44)35(33(47)29(19-43)56-39)55-28(38(51)52)18-25-11-9-8-10-12-25/h20-22,24-35,39,43,45-48H,7-19H2,1-6H3,(H,40,49)(H,41,50)(H,42,44)(H,51,52)/t21-,22?,24+,26?,27?,28-,29-,30?,31?,32?,33?,34?,35?,39+/m0/s1. The lowest BCUT2D eigenvalue weighted by molar-refractivity contribution is -0.292. The van der Waals surface area contributed by atoms with Crippen molar-refractivity contribution in [2.45, 2.75) is 179 Å². The number of nitrogens with one attached hydrogen (secondary N) is 3. The fourth-order valence-corrected chi connectivity index (χ4v) is 8.07. The maximum atomic E-state index is 13.8. The average molecular weight is 804 g/mol. The van der Waals surface area contributed by atoms with Crippen LogP contribution in [0.1, 0.15) is 106 Å². The van der Waals surface area contributed by atoms with Crippen molar-refractivity contribution in [2.24, 2.45) is 23.7 Å². The summed E-state index contributed by atoms with van der Waals surface area (Å²) in [7, 11) is 0. The Morgan fingerprint density at radius 1 is 0.804 bits per heavy atom. The number of aliphatic carboxylic acids is 1. The van der Waals surface area contributed by atoms with E-state index in [0.717, 1.165) is 32.1 Å². The Hall–Kier alpha value is -2.48. The van der Waals surface area contributed by atoms with E-state index < -0.39 is 97.8 Å². The van der Waals surface area contributed by atoms with Crippen LogP contribution in [0.2, 0.25) is 0 Å². The van der Waals surface area contributed by atoms with Crippen LogP contribution in [0.15, 0.2) is 0 Å². The molecule has 0 radical (unpaired) electrons. The van der Waals surface area contributed by atoms with E-state index in [4.69, 9.17) is 18.9 Å². The number of carboxylic acid groups (broad SMARTS) is 1. The van der Waals surface area contributed by atoms with Crippen LogP contribution in [0.25, 0.3) is 0 Å². The molecule has 14 atom stereocenters. The van der Waals surface area contributed by atoms with E-state index in [1.54, 1.807) is 27.7 Å². The molecule has 1 aliphatic carbocycles. The lowest BCUT2D eigenvalue weighted by atomic mass is 9.82. The van der Waals surface area contributed by atoms with Gasteiger partial charge in [-0.05, 0) is 51.4 Å². The minimum atomic E-state index is -1.51. The summed E-state index contributed by atoms with van der Waals surface area (Å²) >= 11 is 0. The van der Waals surface area contributed by atoms with Gasteiger partial charge in [-0.1, -0.05) is 59.3 Å². The first-order chi connectivity index (χ1) is 26.5. The third kappa shape index (κ3) is 14.1. The van der Waals surface area contributed by atoms with Gasteiger partial charge in [0.15, 0.2) is 12.4 Å². The van der Waals surface area contributed by atoms with Crippen molar-refractivity contribution in [1.29, 1.82) is 0 Å². The fraction of sp³-hybridized carbons (Fsp3) is 0.897. The maximum absolute atomic E-state index is 13.8. The molecular weight excluding hydrogens is 734 g/mol. The van der Waals surface area contributed by atoms with Crippen LogP contribution in [0.3, 0.4) is 0 Å². The number of rotatable bonds is 21. The summed E-state index contributed by atoms with van der Waals surface area (Å²) in [6.45, 7) is 9.71. The summed E-state index contributed by atoms with van der Waals surface area (Å²) in [5.41, 5.74) is 0. The molecule has 324 valence electrons. The van der Waals surface area contributed by atoms with Crippen LogP contribution >= 0.6 is 0 Å². The number of hydrogen-bond donors (Lipinski definition) is 9. The van der Waals surface area contributed by atoms with Gasteiger partial charge < -0.3 is 65.5 Å². The molecule has 2 saturated heterocycles. The first kappa shape index (κ1) is 47.9. The zero-order valence-corrected chi connectivity index (χ0v) is 33.9. The summed E-state index contributed by atoms with van der Waals surface area (Å²) in [4.78, 5) is 50.8. The molecule has 1 saturated carbocycles. The van der Waals surface area contributed by atoms with Crippen molar-refractivity contribution in [3.05, 3.63) is 0 Å². The van der Waals surface area contributed by atoms with Gasteiger partial charge in [-0.2, -0.15) is 0 Å². The molecule has 3 fully saturated rings. The van der Waals surface area contributed by atoms with Crippen molar-refractivity contribution < 1.29 is 68.8 Å². The highest BCUT2D eigenvalue weighted by atomic mass is 16.7. The SMILES string of the molecule is CC[C@H](CC(C[C@H](C)O[C@@H]1O[C@@H](CO)C(O)C(O[C@@H](CC2CCCCC2)C(=O)O)C1NC(C)=O)C(=O)NCCNC(=O)C(C)C)CC1OC(C)C(O)C(O)C1O. The molecular formula is C39H69N3O14. The molecule has 9 N–H and O–H groups in total. The van der Waals surface area contributed by atoms with E-state index in [1.807, 2.05) is 6.92 Å². The second kappa shape index (κ2) is 23.2. The van der Waals surface area contributed by atoms with Gasteiger partial charge in [0.05, 0.1) is 24.9 Å². The third-order valence-corrected chi connectivity index (χ3v) is 11.4. The highest BCUT2D eigenvalue weighted by molar-refractivity contribution is 5.79. The Labute approximate surface area is 330 Å².